The Balaban J connectivity index is 1.53. The number of hydrogen-bond donors (Lipinski definition) is 0. The van der Waals surface area contributed by atoms with Crippen LogP contribution in [-0.2, 0) is 6.42 Å². The van der Waals surface area contributed by atoms with Crippen LogP contribution in [0.2, 0.25) is 0 Å². The molecular formula is C38H55F2NO. The van der Waals surface area contributed by atoms with Crippen molar-refractivity contribution in [3.05, 3.63) is 53.6 Å². The molecule has 0 bridgehead atoms. The second kappa shape index (κ2) is 19.0. The smallest absolute Gasteiger partial charge is 0.201 e. The van der Waals surface area contributed by atoms with Crippen LogP contribution < -0.4 is 4.74 Å². The Morgan fingerprint density at radius 3 is 2.07 bits per heavy atom. The largest absolute Gasteiger partial charge is 0.490 e. The maximum atomic E-state index is 15.0. The van der Waals surface area contributed by atoms with Crippen molar-refractivity contribution >= 4 is 0 Å². The Bertz CT molecular complexity index is 1070. The summed E-state index contributed by atoms with van der Waals surface area (Å²) in [6.45, 7) is 4.85. The maximum absolute atomic E-state index is 15.0. The van der Waals surface area contributed by atoms with Crippen molar-refractivity contribution in [3.63, 3.8) is 0 Å². The third kappa shape index (κ3) is 11.0. The van der Waals surface area contributed by atoms with E-state index in [1.807, 2.05) is 24.3 Å². The Morgan fingerprint density at radius 1 is 0.762 bits per heavy atom. The number of nitriles is 1. The summed E-state index contributed by atoms with van der Waals surface area (Å²) >= 11 is 0. The highest BCUT2D eigenvalue weighted by atomic mass is 19.2. The highest BCUT2D eigenvalue weighted by Crippen LogP contribution is 2.45. The van der Waals surface area contributed by atoms with Gasteiger partial charge >= 0.3 is 0 Å². The monoisotopic (exact) mass is 579 g/mol. The van der Waals surface area contributed by atoms with Gasteiger partial charge in [-0.3, -0.25) is 0 Å². The molecule has 1 saturated carbocycles. The molecule has 0 aromatic heterocycles. The van der Waals surface area contributed by atoms with E-state index >= 15 is 0 Å². The lowest BCUT2D eigenvalue weighted by Crippen LogP contribution is -2.25. The van der Waals surface area contributed by atoms with Crippen LogP contribution in [0.4, 0.5) is 8.78 Å². The van der Waals surface area contributed by atoms with Crippen molar-refractivity contribution in [3.8, 4) is 22.9 Å². The van der Waals surface area contributed by atoms with Gasteiger partial charge in [0.25, 0.3) is 0 Å². The summed E-state index contributed by atoms with van der Waals surface area (Å²) in [7, 11) is 0. The van der Waals surface area contributed by atoms with Crippen LogP contribution in [0.15, 0.2) is 36.4 Å². The third-order valence-corrected chi connectivity index (χ3v) is 9.48. The van der Waals surface area contributed by atoms with Gasteiger partial charge in [-0.25, -0.2) is 4.39 Å². The van der Waals surface area contributed by atoms with E-state index in [1.54, 1.807) is 6.07 Å². The number of halogens is 2. The average Bonchev–Trinajstić information content (AvgIpc) is 3.01. The van der Waals surface area contributed by atoms with E-state index in [1.165, 1.54) is 96.0 Å². The topological polar surface area (TPSA) is 33.0 Å². The van der Waals surface area contributed by atoms with Crippen molar-refractivity contribution < 1.29 is 13.5 Å². The zero-order valence-corrected chi connectivity index (χ0v) is 26.5. The molecule has 0 heterocycles. The number of nitrogens with zero attached hydrogens (tertiary/aromatic N) is 1. The molecule has 1 aliphatic rings. The summed E-state index contributed by atoms with van der Waals surface area (Å²) in [5.41, 5.74) is 2.37. The van der Waals surface area contributed by atoms with E-state index in [2.05, 4.69) is 19.9 Å². The van der Waals surface area contributed by atoms with Crippen LogP contribution in [0, 0.1) is 34.3 Å². The van der Waals surface area contributed by atoms with Crippen molar-refractivity contribution in [2.45, 2.75) is 142 Å². The molecule has 4 heteroatoms. The molecule has 0 radical (unpaired) electrons. The maximum Gasteiger partial charge on any atom is 0.201 e. The standard InChI is InChI=1S/C38H55F2NO/c1-3-5-7-9-11-16-28-42-35-22-21-34(36(39)37(35)40)33-19-17-31(18-20-33)29-32(30-41)23-27-38(25-14-12-15-26-38)24-13-10-8-6-4-2/h17-22,32H,3-16,23-29H2,1-2H3. The molecule has 0 N–H and O–H groups in total. The highest BCUT2D eigenvalue weighted by Gasteiger charge is 2.32. The molecule has 2 nitrogen and oxygen atoms in total. The molecule has 42 heavy (non-hydrogen) atoms. The number of unbranched alkanes of at least 4 members (excludes halogenated alkanes) is 9. The van der Waals surface area contributed by atoms with E-state index in [-0.39, 0.29) is 17.2 Å². The zero-order valence-electron chi connectivity index (χ0n) is 26.5. The summed E-state index contributed by atoms with van der Waals surface area (Å²) < 4.78 is 35.3. The van der Waals surface area contributed by atoms with E-state index in [0.29, 0.717) is 24.0 Å². The normalized spacial score (nSPS) is 15.3. The molecule has 232 valence electrons. The van der Waals surface area contributed by atoms with Gasteiger partial charge in [0.15, 0.2) is 11.6 Å². The quantitative estimate of drug-likeness (QED) is 0.146. The minimum absolute atomic E-state index is 0.0185. The van der Waals surface area contributed by atoms with E-state index in [4.69, 9.17) is 4.74 Å². The lowest BCUT2D eigenvalue weighted by atomic mass is 9.67. The molecule has 0 aliphatic heterocycles. The molecule has 0 amide bonds. The lowest BCUT2D eigenvalue weighted by molar-refractivity contribution is 0.143. The molecule has 2 aromatic rings. The fraction of sp³-hybridized carbons (Fsp3) is 0.658. The van der Waals surface area contributed by atoms with Gasteiger partial charge in [0, 0.05) is 5.56 Å². The summed E-state index contributed by atoms with van der Waals surface area (Å²) in [4.78, 5) is 0. The second-order valence-electron chi connectivity index (χ2n) is 12.8. The summed E-state index contributed by atoms with van der Waals surface area (Å²) in [6, 6.07) is 13.3. The summed E-state index contributed by atoms with van der Waals surface area (Å²) in [5, 5.41) is 9.97. The van der Waals surface area contributed by atoms with Gasteiger partial charge in [-0.15, -0.1) is 0 Å². The Hall–Kier alpha value is -2.41. The minimum atomic E-state index is -0.922. The van der Waals surface area contributed by atoms with Crippen LogP contribution >= 0.6 is 0 Å². The van der Waals surface area contributed by atoms with Crippen LogP contribution in [0.1, 0.15) is 141 Å². The van der Waals surface area contributed by atoms with Gasteiger partial charge in [-0.2, -0.15) is 9.65 Å². The molecule has 1 unspecified atom stereocenters. The number of hydrogen-bond acceptors (Lipinski definition) is 2. The zero-order chi connectivity index (χ0) is 30.0. The highest BCUT2D eigenvalue weighted by molar-refractivity contribution is 5.65. The first kappa shape index (κ1) is 34.1. The van der Waals surface area contributed by atoms with Gasteiger partial charge in [-0.1, -0.05) is 122 Å². The third-order valence-electron chi connectivity index (χ3n) is 9.48. The number of rotatable bonds is 20. The van der Waals surface area contributed by atoms with Gasteiger partial charge in [0.05, 0.1) is 18.6 Å². The predicted octanol–water partition coefficient (Wildman–Crippen LogP) is 12.1. The lowest BCUT2D eigenvalue weighted by Gasteiger charge is -2.38. The second-order valence-corrected chi connectivity index (χ2v) is 12.8. The summed E-state index contributed by atoms with van der Waals surface area (Å²) in [6.07, 6.45) is 24.1. The molecule has 1 atom stereocenters. The van der Waals surface area contributed by atoms with Crippen LogP contribution in [0.3, 0.4) is 0 Å². The molecule has 1 aliphatic carbocycles. The molecule has 3 rings (SSSR count). The van der Waals surface area contributed by atoms with E-state index in [0.717, 1.165) is 37.7 Å². The van der Waals surface area contributed by atoms with Crippen molar-refractivity contribution in [1.29, 1.82) is 5.26 Å². The SMILES string of the molecule is CCCCCCCCOc1ccc(-c2ccc(CC(C#N)CCC3(CCCCCCC)CCCCC3)cc2)c(F)c1F. The van der Waals surface area contributed by atoms with Crippen molar-refractivity contribution in [2.24, 2.45) is 11.3 Å². The van der Waals surface area contributed by atoms with E-state index < -0.39 is 11.6 Å². The van der Waals surface area contributed by atoms with Gasteiger partial charge in [0.1, 0.15) is 0 Å². The average molecular weight is 580 g/mol. The first-order valence-corrected chi connectivity index (χ1v) is 17.1. The predicted molar refractivity (Wildman–Crippen MR) is 172 cm³/mol. The molecular weight excluding hydrogens is 524 g/mol. The first-order valence-electron chi connectivity index (χ1n) is 17.1. The molecule has 0 spiro atoms. The number of benzene rings is 2. The van der Waals surface area contributed by atoms with Crippen LogP contribution in [0.5, 0.6) is 5.75 Å². The minimum Gasteiger partial charge on any atom is -0.490 e. The van der Waals surface area contributed by atoms with E-state index in [9.17, 15) is 14.0 Å². The van der Waals surface area contributed by atoms with Gasteiger partial charge in [0.2, 0.25) is 5.82 Å². The Labute approximate surface area is 255 Å². The molecule has 0 saturated heterocycles. The summed E-state index contributed by atoms with van der Waals surface area (Å²) in [5.74, 6) is -1.83. The van der Waals surface area contributed by atoms with Crippen molar-refractivity contribution in [2.75, 3.05) is 6.61 Å². The number of ether oxygens (including phenoxy) is 1. The first-order chi connectivity index (χ1) is 20.5. The molecule has 1 fully saturated rings. The molecule has 2 aromatic carbocycles. The van der Waals surface area contributed by atoms with Crippen molar-refractivity contribution in [1.82, 2.24) is 0 Å². The van der Waals surface area contributed by atoms with Gasteiger partial charge < -0.3 is 4.74 Å². The van der Waals surface area contributed by atoms with Gasteiger partial charge in [-0.05, 0) is 73.6 Å². The van der Waals surface area contributed by atoms with Crippen LogP contribution in [0.25, 0.3) is 11.1 Å². The Morgan fingerprint density at radius 2 is 1.40 bits per heavy atom. The fourth-order valence-electron chi connectivity index (χ4n) is 6.76. The fourth-order valence-corrected chi connectivity index (χ4v) is 6.76. The van der Waals surface area contributed by atoms with Crippen LogP contribution in [-0.4, -0.2) is 6.61 Å². The Kier molecular flexibility index (Phi) is 15.4.